The summed E-state index contributed by atoms with van der Waals surface area (Å²) >= 11 is 0. The van der Waals surface area contributed by atoms with Gasteiger partial charge in [0.1, 0.15) is 0 Å². The Bertz CT molecular complexity index is 897. The van der Waals surface area contributed by atoms with Gasteiger partial charge in [0, 0.05) is 19.0 Å². The third-order valence-corrected chi connectivity index (χ3v) is 6.16. The van der Waals surface area contributed by atoms with Gasteiger partial charge in [0.15, 0.2) is 17.3 Å². The Balaban J connectivity index is 0.00000280. The van der Waals surface area contributed by atoms with Crippen LogP contribution < -0.4 is 19.9 Å². The molecule has 0 aliphatic heterocycles. The van der Waals surface area contributed by atoms with Crippen LogP contribution in [0, 0.1) is 0 Å². The lowest BCUT2D eigenvalue weighted by Gasteiger charge is -2.17. The molecule has 11 heteroatoms. The first kappa shape index (κ1) is 22.4. The van der Waals surface area contributed by atoms with Crippen LogP contribution in [-0.2, 0) is 22.0 Å². The molecule has 1 aliphatic rings. The normalized spacial score (nSPS) is 15.8. The van der Waals surface area contributed by atoms with Crippen LogP contribution in [0.1, 0.15) is 37.4 Å². The monoisotopic (exact) mass is 432 g/mol. The maximum Gasteiger partial charge on any atom is 0.240 e. The van der Waals surface area contributed by atoms with Gasteiger partial charge in [-0.3, -0.25) is 0 Å². The van der Waals surface area contributed by atoms with Crippen LogP contribution in [0.25, 0.3) is 0 Å². The highest BCUT2D eigenvalue weighted by Gasteiger charge is 2.35. The van der Waals surface area contributed by atoms with Gasteiger partial charge in [-0.15, -0.1) is 12.4 Å². The number of ether oxygens (including phenoxy) is 2. The first-order valence-corrected chi connectivity index (χ1v) is 10.2. The number of halogens is 1. The van der Waals surface area contributed by atoms with Crippen molar-refractivity contribution in [2.45, 2.75) is 42.5 Å². The number of methoxy groups -OCH3 is 2. The van der Waals surface area contributed by atoms with E-state index in [4.69, 9.17) is 19.7 Å². The van der Waals surface area contributed by atoms with Crippen LogP contribution >= 0.6 is 12.4 Å². The van der Waals surface area contributed by atoms with Gasteiger partial charge in [0.25, 0.3) is 0 Å². The van der Waals surface area contributed by atoms with Crippen molar-refractivity contribution in [1.29, 1.82) is 0 Å². The number of nitrogens with two attached hydrogens (primary N) is 1. The van der Waals surface area contributed by atoms with Gasteiger partial charge < -0.3 is 19.7 Å². The first-order valence-electron chi connectivity index (χ1n) is 8.71. The standard InChI is InChI=1S/C17H24N4O5S.ClH/c1-24-13-6-5-12(11-14(13)25-2)27(22,23)19-10-7-15-20-16(21-26-15)17(18)8-3-4-9-17;/h5-6,11,19H,3-4,7-10,18H2,1-2H3;1H. The maximum absolute atomic E-state index is 12.5. The van der Waals surface area contributed by atoms with Crippen molar-refractivity contribution in [2.75, 3.05) is 20.8 Å². The predicted molar refractivity (Wildman–Crippen MR) is 104 cm³/mol. The number of nitrogens with zero attached hydrogens (tertiary/aromatic N) is 2. The molecule has 1 aliphatic carbocycles. The zero-order chi connectivity index (χ0) is 19.5. The Hall–Kier alpha value is -1.88. The number of benzene rings is 1. The molecule has 1 aromatic carbocycles. The third-order valence-electron chi connectivity index (χ3n) is 4.71. The van der Waals surface area contributed by atoms with E-state index in [0.29, 0.717) is 23.2 Å². The van der Waals surface area contributed by atoms with Crippen molar-refractivity contribution in [3.63, 3.8) is 0 Å². The highest BCUT2D eigenvalue weighted by atomic mass is 35.5. The molecule has 0 radical (unpaired) electrons. The summed E-state index contributed by atoms with van der Waals surface area (Å²) in [6.45, 7) is 0.121. The van der Waals surface area contributed by atoms with Gasteiger partial charge in [0.05, 0.1) is 24.7 Å². The smallest absolute Gasteiger partial charge is 0.240 e. The molecule has 3 N–H and O–H groups in total. The molecule has 0 unspecified atom stereocenters. The molecular formula is C17H25ClN4O5S. The van der Waals surface area contributed by atoms with Crippen molar-refractivity contribution in [2.24, 2.45) is 5.73 Å². The lowest BCUT2D eigenvalue weighted by atomic mass is 9.99. The van der Waals surface area contributed by atoms with E-state index in [0.717, 1.165) is 25.7 Å². The van der Waals surface area contributed by atoms with E-state index in [2.05, 4.69) is 14.9 Å². The van der Waals surface area contributed by atoms with E-state index >= 15 is 0 Å². The van der Waals surface area contributed by atoms with Crippen molar-refractivity contribution in [3.8, 4) is 11.5 Å². The SMILES string of the molecule is COc1ccc(S(=O)(=O)NCCc2nc(C3(N)CCCC3)no2)cc1OC.Cl. The zero-order valence-corrected chi connectivity index (χ0v) is 17.4. The van der Waals surface area contributed by atoms with Crippen molar-refractivity contribution < 1.29 is 22.4 Å². The van der Waals surface area contributed by atoms with Crippen LogP contribution in [0.5, 0.6) is 11.5 Å². The van der Waals surface area contributed by atoms with Crippen molar-refractivity contribution in [1.82, 2.24) is 14.9 Å². The minimum absolute atomic E-state index is 0. The van der Waals surface area contributed by atoms with Gasteiger partial charge in [0.2, 0.25) is 15.9 Å². The Morgan fingerprint density at radius 1 is 1.21 bits per heavy atom. The van der Waals surface area contributed by atoms with E-state index in [1.54, 1.807) is 6.07 Å². The number of sulfonamides is 1. The minimum Gasteiger partial charge on any atom is -0.493 e. The predicted octanol–water partition coefficient (Wildman–Crippen LogP) is 1.76. The first-order chi connectivity index (χ1) is 12.9. The van der Waals surface area contributed by atoms with Gasteiger partial charge in [-0.25, -0.2) is 13.1 Å². The molecular weight excluding hydrogens is 408 g/mol. The second-order valence-electron chi connectivity index (χ2n) is 6.54. The molecule has 0 spiro atoms. The summed E-state index contributed by atoms with van der Waals surface area (Å²) in [5.41, 5.74) is 5.77. The van der Waals surface area contributed by atoms with Crippen LogP contribution in [0.2, 0.25) is 0 Å². The summed E-state index contributed by atoms with van der Waals surface area (Å²) in [7, 11) is -0.775. The van der Waals surface area contributed by atoms with Gasteiger partial charge in [-0.05, 0) is 25.0 Å². The second-order valence-corrected chi connectivity index (χ2v) is 8.31. The lowest BCUT2D eigenvalue weighted by molar-refractivity contribution is 0.348. The number of aromatic nitrogens is 2. The van der Waals surface area contributed by atoms with Crippen molar-refractivity contribution in [3.05, 3.63) is 29.9 Å². The summed E-state index contributed by atoms with van der Waals surface area (Å²) in [6.07, 6.45) is 4.03. The number of nitrogens with one attached hydrogen (secondary N) is 1. The van der Waals surface area contributed by atoms with Crippen LogP contribution in [-0.4, -0.2) is 39.3 Å². The summed E-state index contributed by atoms with van der Waals surface area (Å²) in [5, 5.41) is 3.97. The molecule has 1 saturated carbocycles. The number of hydrogen-bond acceptors (Lipinski definition) is 8. The zero-order valence-electron chi connectivity index (χ0n) is 15.8. The van der Waals surface area contributed by atoms with E-state index in [-0.39, 0.29) is 30.3 Å². The molecule has 28 heavy (non-hydrogen) atoms. The molecule has 156 valence electrons. The lowest BCUT2D eigenvalue weighted by Crippen LogP contribution is -2.34. The Labute approximate surface area is 170 Å². The molecule has 9 nitrogen and oxygen atoms in total. The van der Waals surface area contributed by atoms with E-state index in [1.807, 2.05) is 0 Å². The Kier molecular flexibility index (Phi) is 7.27. The average Bonchev–Trinajstić information content (AvgIpc) is 3.31. The molecule has 0 amide bonds. The van der Waals surface area contributed by atoms with Crippen LogP contribution in [0.4, 0.5) is 0 Å². The molecule has 0 saturated heterocycles. The number of hydrogen-bond donors (Lipinski definition) is 2. The van der Waals surface area contributed by atoms with E-state index < -0.39 is 15.6 Å². The molecule has 0 atom stereocenters. The van der Waals surface area contributed by atoms with E-state index in [9.17, 15) is 8.42 Å². The summed E-state index contributed by atoms with van der Waals surface area (Å²) in [4.78, 5) is 4.41. The maximum atomic E-state index is 12.5. The minimum atomic E-state index is -3.71. The second kappa shape index (κ2) is 9.08. The van der Waals surface area contributed by atoms with Gasteiger partial charge in [-0.2, -0.15) is 4.98 Å². The summed E-state index contributed by atoms with van der Waals surface area (Å²) in [5.74, 6) is 1.65. The highest BCUT2D eigenvalue weighted by molar-refractivity contribution is 7.89. The highest BCUT2D eigenvalue weighted by Crippen LogP contribution is 2.34. The van der Waals surface area contributed by atoms with E-state index in [1.165, 1.54) is 26.4 Å². The fourth-order valence-electron chi connectivity index (χ4n) is 3.15. The summed E-state index contributed by atoms with van der Waals surface area (Å²) in [6, 6.07) is 4.40. The third kappa shape index (κ3) is 4.75. The summed E-state index contributed by atoms with van der Waals surface area (Å²) < 4.78 is 42.9. The fourth-order valence-corrected chi connectivity index (χ4v) is 4.19. The molecule has 1 heterocycles. The van der Waals surface area contributed by atoms with Gasteiger partial charge in [-0.1, -0.05) is 18.0 Å². The van der Waals surface area contributed by atoms with Crippen LogP contribution in [0.15, 0.2) is 27.6 Å². The Morgan fingerprint density at radius 3 is 2.54 bits per heavy atom. The largest absolute Gasteiger partial charge is 0.493 e. The van der Waals surface area contributed by atoms with Crippen molar-refractivity contribution >= 4 is 22.4 Å². The Morgan fingerprint density at radius 2 is 1.89 bits per heavy atom. The fraction of sp³-hybridized carbons (Fsp3) is 0.529. The molecule has 0 bridgehead atoms. The average molecular weight is 433 g/mol. The van der Waals surface area contributed by atoms with Crippen LogP contribution in [0.3, 0.4) is 0 Å². The molecule has 2 aromatic rings. The molecule has 3 rings (SSSR count). The number of rotatable bonds is 8. The topological polar surface area (TPSA) is 130 Å². The van der Waals surface area contributed by atoms with Gasteiger partial charge >= 0.3 is 0 Å². The quantitative estimate of drug-likeness (QED) is 0.645. The molecule has 1 fully saturated rings. The molecule has 1 aromatic heterocycles.